The van der Waals surface area contributed by atoms with E-state index in [1.54, 1.807) is 18.4 Å². The van der Waals surface area contributed by atoms with Crippen molar-refractivity contribution in [1.29, 1.82) is 0 Å². The number of rotatable bonds is 5. The molecule has 1 unspecified atom stereocenters. The van der Waals surface area contributed by atoms with Gasteiger partial charge >= 0.3 is 0 Å². The zero-order chi connectivity index (χ0) is 12.8. The van der Waals surface area contributed by atoms with Crippen LogP contribution < -0.4 is 5.32 Å². The van der Waals surface area contributed by atoms with E-state index in [0.717, 1.165) is 11.3 Å². The number of hydrogen-bond acceptors (Lipinski definition) is 2. The van der Waals surface area contributed by atoms with Crippen molar-refractivity contribution in [3.8, 4) is 0 Å². The van der Waals surface area contributed by atoms with E-state index in [1.807, 2.05) is 24.3 Å². The van der Waals surface area contributed by atoms with E-state index >= 15 is 0 Å². The van der Waals surface area contributed by atoms with Gasteiger partial charge in [-0.05, 0) is 36.8 Å². The average Bonchev–Trinajstić information content (AvgIpc) is 2.89. The van der Waals surface area contributed by atoms with Gasteiger partial charge in [-0.25, -0.2) is 4.39 Å². The summed E-state index contributed by atoms with van der Waals surface area (Å²) >= 11 is 0. The topological polar surface area (TPSA) is 25.2 Å². The van der Waals surface area contributed by atoms with Crippen LogP contribution in [-0.4, -0.2) is 6.04 Å². The van der Waals surface area contributed by atoms with E-state index < -0.39 is 0 Å². The largest absolute Gasteiger partial charge is 0.468 e. The van der Waals surface area contributed by atoms with E-state index in [2.05, 4.69) is 12.2 Å². The molecule has 2 rings (SSSR count). The molecule has 0 aliphatic rings. The smallest absolute Gasteiger partial charge is 0.123 e. The zero-order valence-electron chi connectivity index (χ0n) is 10.3. The number of nitrogens with one attached hydrogen (secondary N) is 1. The molecule has 1 heterocycles. The van der Waals surface area contributed by atoms with Crippen LogP contribution in [0.5, 0.6) is 0 Å². The van der Waals surface area contributed by atoms with Crippen LogP contribution in [-0.2, 0) is 6.54 Å². The third-order valence-corrected chi connectivity index (χ3v) is 2.63. The molecule has 18 heavy (non-hydrogen) atoms. The van der Waals surface area contributed by atoms with Crippen molar-refractivity contribution in [3.63, 3.8) is 0 Å². The predicted octanol–water partition coefficient (Wildman–Crippen LogP) is 3.61. The van der Waals surface area contributed by atoms with Crippen LogP contribution in [0, 0.1) is 5.82 Å². The fraction of sp³-hybridized carbons (Fsp3) is 0.200. The maximum Gasteiger partial charge on any atom is 0.123 e. The quantitative estimate of drug-likeness (QED) is 0.870. The fourth-order valence-electron chi connectivity index (χ4n) is 1.57. The number of benzene rings is 1. The van der Waals surface area contributed by atoms with Gasteiger partial charge in [-0.15, -0.1) is 0 Å². The van der Waals surface area contributed by atoms with E-state index in [1.165, 1.54) is 12.1 Å². The van der Waals surface area contributed by atoms with Gasteiger partial charge in [0, 0.05) is 6.04 Å². The Morgan fingerprint density at radius 3 is 2.72 bits per heavy atom. The van der Waals surface area contributed by atoms with E-state index in [0.29, 0.717) is 6.54 Å². The van der Waals surface area contributed by atoms with Gasteiger partial charge in [-0.1, -0.05) is 24.3 Å². The zero-order valence-corrected chi connectivity index (χ0v) is 10.3. The summed E-state index contributed by atoms with van der Waals surface area (Å²) in [4.78, 5) is 0. The minimum absolute atomic E-state index is 0.212. The van der Waals surface area contributed by atoms with Gasteiger partial charge in [0.1, 0.15) is 11.6 Å². The Morgan fingerprint density at radius 1 is 1.28 bits per heavy atom. The second-order valence-corrected chi connectivity index (χ2v) is 4.16. The standard InChI is InChI=1S/C15H16FNO/c1-12(17-11-15-3-2-10-18-15)4-5-13-6-8-14(16)9-7-13/h2-10,12,17H,11H2,1H3. The van der Waals surface area contributed by atoms with Gasteiger partial charge in [0.15, 0.2) is 0 Å². The van der Waals surface area contributed by atoms with Gasteiger partial charge in [-0.3, -0.25) is 0 Å². The molecule has 2 nitrogen and oxygen atoms in total. The Labute approximate surface area is 106 Å². The molecule has 0 radical (unpaired) electrons. The Morgan fingerprint density at radius 2 is 2.06 bits per heavy atom. The number of furan rings is 1. The molecule has 1 aromatic heterocycles. The molecule has 0 aliphatic heterocycles. The van der Waals surface area contributed by atoms with Crippen LogP contribution in [0.4, 0.5) is 4.39 Å². The van der Waals surface area contributed by atoms with Gasteiger partial charge < -0.3 is 9.73 Å². The molecule has 0 aliphatic carbocycles. The fourth-order valence-corrected chi connectivity index (χ4v) is 1.57. The molecule has 0 fully saturated rings. The van der Waals surface area contributed by atoms with Crippen LogP contribution >= 0.6 is 0 Å². The van der Waals surface area contributed by atoms with Crippen LogP contribution in [0.25, 0.3) is 6.08 Å². The van der Waals surface area contributed by atoms with E-state index in [9.17, 15) is 4.39 Å². The van der Waals surface area contributed by atoms with Crippen molar-refractivity contribution in [2.24, 2.45) is 0 Å². The number of hydrogen-bond donors (Lipinski definition) is 1. The summed E-state index contributed by atoms with van der Waals surface area (Å²) < 4.78 is 17.9. The van der Waals surface area contributed by atoms with E-state index in [-0.39, 0.29) is 11.9 Å². The molecule has 0 spiro atoms. The lowest BCUT2D eigenvalue weighted by Gasteiger charge is -2.07. The van der Waals surface area contributed by atoms with Crippen LogP contribution in [0.3, 0.4) is 0 Å². The summed E-state index contributed by atoms with van der Waals surface area (Å²) in [7, 11) is 0. The summed E-state index contributed by atoms with van der Waals surface area (Å²) in [6.07, 6.45) is 5.67. The van der Waals surface area contributed by atoms with Crippen LogP contribution in [0.1, 0.15) is 18.2 Å². The molecular weight excluding hydrogens is 229 g/mol. The molecule has 2 aromatic rings. The highest BCUT2D eigenvalue weighted by atomic mass is 19.1. The Kier molecular flexibility index (Phi) is 4.31. The lowest BCUT2D eigenvalue weighted by molar-refractivity contribution is 0.474. The highest BCUT2D eigenvalue weighted by molar-refractivity contribution is 5.49. The highest BCUT2D eigenvalue weighted by Gasteiger charge is 1.98. The molecule has 0 amide bonds. The molecule has 0 bridgehead atoms. The van der Waals surface area contributed by atoms with Crippen molar-refractivity contribution < 1.29 is 8.81 Å². The summed E-state index contributed by atoms with van der Waals surface area (Å²) in [6.45, 7) is 2.75. The van der Waals surface area contributed by atoms with Crippen molar-refractivity contribution in [3.05, 3.63) is 65.9 Å². The van der Waals surface area contributed by atoms with E-state index in [4.69, 9.17) is 4.42 Å². The highest BCUT2D eigenvalue weighted by Crippen LogP contribution is 2.06. The molecule has 1 atom stereocenters. The summed E-state index contributed by atoms with van der Waals surface area (Å²) in [5.74, 6) is 0.702. The lowest BCUT2D eigenvalue weighted by Crippen LogP contribution is -2.22. The minimum Gasteiger partial charge on any atom is -0.468 e. The first-order chi connectivity index (χ1) is 8.74. The van der Waals surface area contributed by atoms with Gasteiger partial charge in [-0.2, -0.15) is 0 Å². The first-order valence-electron chi connectivity index (χ1n) is 5.93. The monoisotopic (exact) mass is 245 g/mol. The third-order valence-electron chi connectivity index (χ3n) is 2.63. The average molecular weight is 245 g/mol. The summed E-state index contributed by atoms with van der Waals surface area (Å²) in [5.41, 5.74) is 0.989. The predicted molar refractivity (Wildman–Crippen MR) is 70.4 cm³/mol. The third kappa shape index (κ3) is 3.86. The van der Waals surface area contributed by atoms with Gasteiger partial charge in [0.2, 0.25) is 0 Å². The van der Waals surface area contributed by atoms with Gasteiger partial charge in [0.25, 0.3) is 0 Å². The second kappa shape index (κ2) is 6.17. The van der Waals surface area contributed by atoms with Crippen LogP contribution in [0.15, 0.2) is 53.2 Å². The van der Waals surface area contributed by atoms with Crippen molar-refractivity contribution in [1.82, 2.24) is 5.32 Å². The first kappa shape index (κ1) is 12.6. The first-order valence-corrected chi connectivity index (χ1v) is 5.93. The van der Waals surface area contributed by atoms with Crippen molar-refractivity contribution in [2.45, 2.75) is 19.5 Å². The van der Waals surface area contributed by atoms with Crippen LogP contribution in [0.2, 0.25) is 0 Å². The lowest BCUT2D eigenvalue weighted by atomic mass is 10.2. The van der Waals surface area contributed by atoms with Crippen molar-refractivity contribution >= 4 is 6.08 Å². The molecule has 0 saturated carbocycles. The Bertz CT molecular complexity index is 488. The minimum atomic E-state index is -0.212. The summed E-state index contributed by atoms with van der Waals surface area (Å²) in [6, 6.07) is 10.5. The maximum atomic E-state index is 12.7. The van der Waals surface area contributed by atoms with Gasteiger partial charge in [0.05, 0.1) is 12.8 Å². The molecule has 94 valence electrons. The van der Waals surface area contributed by atoms with Crippen molar-refractivity contribution in [2.75, 3.05) is 0 Å². The second-order valence-electron chi connectivity index (χ2n) is 4.16. The normalized spacial score (nSPS) is 13.0. The Balaban J connectivity index is 1.83. The molecular formula is C15H16FNO. The SMILES string of the molecule is CC(C=Cc1ccc(F)cc1)NCc1ccco1. The number of halogens is 1. The molecule has 1 aromatic carbocycles. The Hall–Kier alpha value is -1.87. The maximum absolute atomic E-state index is 12.7. The molecule has 3 heteroatoms. The molecule has 1 N–H and O–H groups in total. The molecule has 0 saturated heterocycles. The summed E-state index contributed by atoms with van der Waals surface area (Å²) in [5, 5.41) is 3.31.